The summed E-state index contributed by atoms with van der Waals surface area (Å²) in [6, 6.07) is 1.86. The Morgan fingerprint density at radius 3 is 2.67 bits per heavy atom. The molecule has 2 aromatic heterocycles. The maximum Gasteiger partial charge on any atom is 0.386 e. The molecule has 2 saturated heterocycles. The lowest BCUT2D eigenvalue weighted by molar-refractivity contribution is -0.233. The van der Waals surface area contributed by atoms with Gasteiger partial charge in [0.15, 0.2) is 18.2 Å². The summed E-state index contributed by atoms with van der Waals surface area (Å²) in [6.07, 6.45) is -6.98. The lowest BCUT2D eigenvalue weighted by Gasteiger charge is -2.32. The SMILES string of the molecule is CC(C)n1c(C(C)(C)O)nc2c(F)cc(-c3nc(N[C@@H]4C[C@@H]5O[C@H]([C@H]4O)C(F)(F)O5)ncc3Cl)cc21. The minimum absolute atomic E-state index is 0.00174. The van der Waals surface area contributed by atoms with Gasteiger partial charge >= 0.3 is 6.11 Å². The zero-order chi connectivity index (χ0) is 26.2. The Morgan fingerprint density at radius 2 is 2.00 bits per heavy atom. The van der Waals surface area contributed by atoms with Crippen LogP contribution in [0, 0.1) is 5.82 Å². The van der Waals surface area contributed by atoms with Crippen molar-refractivity contribution in [1.29, 1.82) is 0 Å². The van der Waals surface area contributed by atoms with Gasteiger partial charge < -0.3 is 24.8 Å². The van der Waals surface area contributed by atoms with Crippen molar-refractivity contribution in [3.8, 4) is 11.3 Å². The van der Waals surface area contributed by atoms with E-state index in [0.29, 0.717) is 16.9 Å². The molecule has 5 rings (SSSR count). The van der Waals surface area contributed by atoms with Crippen molar-refractivity contribution in [2.45, 2.75) is 76.4 Å². The van der Waals surface area contributed by atoms with Gasteiger partial charge in [-0.3, -0.25) is 4.74 Å². The fourth-order valence-electron chi connectivity index (χ4n) is 4.65. The third-order valence-electron chi connectivity index (χ3n) is 6.23. The van der Waals surface area contributed by atoms with E-state index >= 15 is 4.39 Å². The number of hydrogen-bond acceptors (Lipinski definition) is 8. The monoisotopic (exact) mass is 527 g/mol. The first-order chi connectivity index (χ1) is 16.8. The Labute approximate surface area is 209 Å². The summed E-state index contributed by atoms with van der Waals surface area (Å²) in [5.74, 6) is -0.327. The molecule has 2 aliphatic heterocycles. The van der Waals surface area contributed by atoms with Crippen molar-refractivity contribution in [3.05, 3.63) is 35.0 Å². The number of benzene rings is 1. The number of ether oxygens (including phenoxy) is 2. The summed E-state index contributed by atoms with van der Waals surface area (Å²) in [5, 5.41) is 23.9. The van der Waals surface area contributed by atoms with Gasteiger partial charge in [0.25, 0.3) is 0 Å². The van der Waals surface area contributed by atoms with E-state index < -0.39 is 42.1 Å². The molecule has 4 atom stereocenters. The Bertz CT molecular complexity index is 1330. The molecule has 0 unspecified atom stereocenters. The van der Waals surface area contributed by atoms with E-state index in [1.165, 1.54) is 12.3 Å². The number of aromatic nitrogens is 4. The van der Waals surface area contributed by atoms with Crippen LogP contribution >= 0.6 is 11.6 Å². The molecule has 2 fully saturated rings. The lowest BCUT2D eigenvalue weighted by Crippen LogP contribution is -2.51. The van der Waals surface area contributed by atoms with Crippen LogP contribution in [0.2, 0.25) is 5.02 Å². The number of anilines is 1. The molecule has 36 heavy (non-hydrogen) atoms. The predicted molar refractivity (Wildman–Crippen MR) is 124 cm³/mol. The van der Waals surface area contributed by atoms with Gasteiger partial charge in [-0.15, -0.1) is 0 Å². The Kier molecular flexibility index (Phi) is 5.95. The summed E-state index contributed by atoms with van der Waals surface area (Å²) >= 11 is 6.35. The van der Waals surface area contributed by atoms with Gasteiger partial charge in [-0.2, -0.15) is 8.78 Å². The molecular weight excluding hydrogens is 503 g/mol. The summed E-state index contributed by atoms with van der Waals surface area (Å²) in [7, 11) is 0. The summed E-state index contributed by atoms with van der Waals surface area (Å²) in [5.41, 5.74) is -0.277. The summed E-state index contributed by atoms with van der Waals surface area (Å²) in [6.45, 7) is 6.92. The third kappa shape index (κ3) is 4.20. The first-order valence-corrected chi connectivity index (χ1v) is 11.8. The van der Waals surface area contributed by atoms with Crippen molar-refractivity contribution in [1.82, 2.24) is 19.5 Å². The van der Waals surface area contributed by atoms with E-state index in [2.05, 4.69) is 25.0 Å². The van der Waals surface area contributed by atoms with Gasteiger partial charge in [0, 0.05) is 18.0 Å². The minimum Gasteiger partial charge on any atom is -0.388 e. The molecule has 9 nitrogen and oxygen atoms in total. The maximum absolute atomic E-state index is 15.2. The highest BCUT2D eigenvalue weighted by molar-refractivity contribution is 6.33. The fraction of sp³-hybridized carbons (Fsp3) is 0.522. The van der Waals surface area contributed by atoms with E-state index in [9.17, 15) is 19.0 Å². The van der Waals surface area contributed by atoms with Gasteiger partial charge in [0.05, 0.1) is 28.5 Å². The summed E-state index contributed by atoms with van der Waals surface area (Å²) in [4.78, 5) is 12.8. The molecule has 3 aromatic rings. The number of rotatable bonds is 5. The predicted octanol–water partition coefficient (Wildman–Crippen LogP) is 3.97. The molecule has 4 heterocycles. The number of fused-ring (bicyclic) bond motifs is 3. The molecule has 194 valence electrons. The van der Waals surface area contributed by atoms with Crippen LogP contribution in [0.4, 0.5) is 19.1 Å². The zero-order valence-corrected chi connectivity index (χ0v) is 20.6. The van der Waals surface area contributed by atoms with Gasteiger partial charge in [-0.05, 0) is 39.8 Å². The minimum atomic E-state index is -3.61. The highest BCUT2D eigenvalue weighted by atomic mass is 35.5. The molecule has 2 aliphatic rings. The third-order valence-corrected chi connectivity index (χ3v) is 6.51. The second kappa shape index (κ2) is 8.52. The Balaban J connectivity index is 1.53. The standard InChI is InChI=1S/C23H25ClF3N5O4/c1-9(2)32-14-6-10(5-12(25)17(14)30-20(32)22(3,4)34)16-11(24)8-28-21(31-16)29-13-7-15-35-19(18(13)33)23(26,27)36-15/h5-6,8-9,13,15,18-19,33-34H,7H2,1-4H3,(H,28,29,31)/t13-,15-,18+,19-/m1/s1. The maximum atomic E-state index is 15.2. The first-order valence-electron chi connectivity index (χ1n) is 11.4. The van der Waals surface area contributed by atoms with Crippen LogP contribution in [0.15, 0.2) is 18.3 Å². The van der Waals surface area contributed by atoms with Crippen LogP contribution in [0.3, 0.4) is 0 Å². The highest BCUT2D eigenvalue weighted by Gasteiger charge is 2.60. The second-order valence-corrected chi connectivity index (χ2v) is 10.2. The van der Waals surface area contributed by atoms with Gasteiger partial charge in [0.1, 0.15) is 23.0 Å². The topological polar surface area (TPSA) is 115 Å². The molecule has 13 heteroatoms. The summed E-state index contributed by atoms with van der Waals surface area (Å²) < 4.78 is 54.3. The number of aliphatic hydroxyl groups is 2. The normalized spacial score (nSPS) is 25.6. The largest absolute Gasteiger partial charge is 0.388 e. The van der Waals surface area contributed by atoms with Crippen molar-refractivity contribution in [3.63, 3.8) is 0 Å². The smallest absolute Gasteiger partial charge is 0.386 e. The van der Waals surface area contributed by atoms with E-state index in [1.54, 1.807) is 24.5 Å². The number of alkyl halides is 2. The lowest BCUT2D eigenvalue weighted by atomic mass is 10.00. The molecule has 0 spiro atoms. The van der Waals surface area contributed by atoms with Crippen LogP contribution in [0.1, 0.15) is 46.0 Å². The number of aliphatic hydroxyl groups excluding tert-OH is 1. The van der Waals surface area contributed by atoms with Crippen LogP contribution in [0.25, 0.3) is 22.3 Å². The van der Waals surface area contributed by atoms with E-state index in [0.717, 1.165) is 0 Å². The van der Waals surface area contributed by atoms with Gasteiger partial charge in [-0.1, -0.05) is 11.6 Å². The van der Waals surface area contributed by atoms with Crippen LogP contribution in [0.5, 0.6) is 0 Å². The number of nitrogens with one attached hydrogen (secondary N) is 1. The first kappa shape index (κ1) is 25.2. The molecule has 0 aliphatic carbocycles. The van der Waals surface area contributed by atoms with Crippen LogP contribution in [-0.4, -0.2) is 60.4 Å². The fourth-order valence-corrected chi connectivity index (χ4v) is 4.85. The van der Waals surface area contributed by atoms with E-state index in [4.69, 9.17) is 16.3 Å². The van der Waals surface area contributed by atoms with Gasteiger partial charge in [0.2, 0.25) is 5.95 Å². The highest BCUT2D eigenvalue weighted by Crippen LogP contribution is 2.42. The molecule has 3 N–H and O–H groups in total. The van der Waals surface area contributed by atoms with Crippen molar-refractivity contribution in [2.24, 2.45) is 0 Å². The van der Waals surface area contributed by atoms with Crippen molar-refractivity contribution in [2.75, 3.05) is 5.32 Å². The molecule has 0 saturated carbocycles. The number of nitrogens with zero attached hydrogens (tertiary/aromatic N) is 4. The molecule has 1 aromatic carbocycles. The zero-order valence-electron chi connectivity index (χ0n) is 19.8. The average Bonchev–Trinajstić information content (AvgIpc) is 3.29. The molecule has 0 amide bonds. The Morgan fingerprint density at radius 1 is 1.28 bits per heavy atom. The van der Waals surface area contributed by atoms with Crippen LogP contribution < -0.4 is 5.32 Å². The van der Waals surface area contributed by atoms with Crippen molar-refractivity contribution >= 4 is 28.6 Å². The second-order valence-electron chi connectivity index (χ2n) is 9.82. The number of hydrogen-bond donors (Lipinski definition) is 3. The van der Waals surface area contributed by atoms with Gasteiger partial charge in [-0.25, -0.2) is 19.3 Å². The molecule has 2 bridgehead atoms. The average molecular weight is 528 g/mol. The van der Waals surface area contributed by atoms with Crippen LogP contribution in [-0.2, 0) is 15.1 Å². The quantitative estimate of drug-likeness (QED) is 0.456. The number of halogens is 4. The van der Waals surface area contributed by atoms with E-state index in [1.807, 2.05) is 13.8 Å². The number of imidazole rings is 1. The molecular formula is C23H25ClF3N5O4. The Hall–Kier alpha value is -2.51. The van der Waals surface area contributed by atoms with E-state index in [-0.39, 0.29) is 34.6 Å². The molecule has 0 radical (unpaired) electrons. The van der Waals surface area contributed by atoms with Crippen molar-refractivity contribution < 1.29 is 32.9 Å².